The summed E-state index contributed by atoms with van der Waals surface area (Å²) >= 11 is 12.0. The van der Waals surface area contributed by atoms with Crippen LogP contribution in [0.15, 0.2) is 18.2 Å². The first-order valence-corrected chi connectivity index (χ1v) is 7.12. The minimum atomic E-state index is -1.45. The van der Waals surface area contributed by atoms with E-state index in [-0.39, 0.29) is 6.04 Å². The normalized spacial score (nSPS) is 23.7. The van der Waals surface area contributed by atoms with Gasteiger partial charge in [-0.2, -0.15) is 0 Å². The van der Waals surface area contributed by atoms with Gasteiger partial charge in [0, 0.05) is 28.1 Å². The Kier molecular flexibility index (Phi) is 4.52. The molecule has 0 saturated carbocycles. The zero-order chi connectivity index (χ0) is 13.2. The van der Waals surface area contributed by atoms with E-state index in [0.29, 0.717) is 22.0 Å². The summed E-state index contributed by atoms with van der Waals surface area (Å²) < 4.78 is 14.9. The van der Waals surface area contributed by atoms with Gasteiger partial charge in [0.05, 0.1) is 0 Å². The largest absolute Gasteiger partial charge is 0.314 e. The van der Waals surface area contributed by atoms with Gasteiger partial charge in [-0.15, -0.1) is 0 Å². The van der Waals surface area contributed by atoms with Crippen LogP contribution in [-0.4, -0.2) is 12.6 Å². The number of piperidine rings is 1. The number of hydrogen-bond acceptors (Lipinski definition) is 1. The Morgan fingerprint density at radius 2 is 2.17 bits per heavy atom. The van der Waals surface area contributed by atoms with Gasteiger partial charge in [-0.05, 0) is 44.5 Å². The molecule has 100 valence electrons. The zero-order valence-electron chi connectivity index (χ0n) is 10.5. The third kappa shape index (κ3) is 3.37. The van der Waals surface area contributed by atoms with Crippen LogP contribution in [0.3, 0.4) is 0 Å². The molecule has 1 N–H and O–H groups in total. The van der Waals surface area contributed by atoms with Crippen molar-refractivity contribution in [1.29, 1.82) is 0 Å². The molecule has 1 aromatic carbocycles. The highest BCUT2D eigenvalue weighted by atomic mass is 35.5. The van der Waals surface area contributed by atoms with E-state index in [4.69, 9.17) is 23.2 Å². The second kappa shape index (κ2) is 5.77. The molecule has 1 saturated heterocycles. The maximum atomic E-state index is 14.9. The molecule has 0 amide bonds. The van der Waals surface area contributed by atoms with Crippen molar-refractivity contribution in [3.63, 3.8) is 0 Å². The van der Waals surface area contributed by atoms with E-state index in [1.54, 1.807) is 25.1 Å². The molecular formula is C14H18Cl2FN. The van der Waals surface area contributed by atoms with Crippen LogP contribution in [0.25, 0.3) is 0 Å². The number of alkyl halides is 1. The van der Waals surface area contributed by atoms with Crippen LogP contribution >= 0.6 is 23.2 Å². The second-order valence-electron chi connectivity index (χ2n) is 5.17. The molecule has 0 aromatic heterocycles. The van der Waals surface area contributed by atoms with Gasteiger partial charge in [0.1, 0.15) is 5.67 Å². The smallest absolute Gasteiger partial charge is 0.136 e. The van der Waals surface area contributed by atoms with Crippen molar-refractivity contribution in [1.82, 2.24) is 5.32 Å². The summed E-state index contributed by atoms with van der Waals surface area (Å²) in [7, 11) is 0. The van der Waals surface area contributed by atoms with Crippen LogP contribution in [0, 0.1) is 0 Å². The summed E-state index contributed by atoms with van der Waals surface area (Å²) in [6, 6.07) is 5.20. The van der Waals surface area contributed by atoms with Crippen LogP contribution in [0.5, 0.6) is 0 Å². The third-order valence-corrected chi connectivity index (χ3v) is 4.10. The Morgan fingerprint density at radius 3 is 2.83 bits per heavy atom. The molecule has 2 atom stereocenters. The number of nitrogens with one attached hydrogen (secondary N) is 1. The highest BCUT2D eigenvalue weighted by Crippen LogP contribution is 2.37. The maximum absolute atomic E-state index is 14.9. The first-order valence-electron chi connectivity index (χ1n) is 6.37. The predicted molar refractivity (Wildman–Crippen MR) is 75.2 cm³/mol. The third-order valence-electron chi connectivity index (χ3n) is 3.53. The number of benzene rings is 1. The molecule has 1 nitrogen and oxygen atoms in total. The van der Waals surface area contributed by atoms with E-state index >= 15 is 0 Å². The number of rotatable bonds is 3. The lowest BCUT2D eigenvalue weighted by atomic mass is 9.87. The van der Waals surface area contributed by atoms with Crippen molar-refractivity contribution in [2.45, 2.75) is 44.3 Å². The molecule has 0 aliphatic carbocycles. The quantitative estimate of drug-likeness (QED) is 0.850. The van der Waals surface area contributed by atoms with E-state index in [2.05, 4.69) is 5.32 Å². The minimum Gasteiger partial charge on any atom is -0.314 e. The van der Waals surface area contributed by atoms with Crippen molar-refractivity contribution in [2.24, 2.45) is 0 Å². The van der Waals surface area contributed by atoms with Gasteiger partial charge in [0.2, 0.25) is 0 Å². The highest BCUT2D eigenvalue weighted by Gasteiger charge is 2.32. The van der Waals surface area contributed by atoms with Crippen molar-refractivity contribution in [3.8, 4) is 0 Å². The molecule has 0 bridgehead atoms. The first kappa shape index (κ1) is 14.1. The molecule has 1 aliphatic heterocycles. The summed E-state index contributed by atoms with van der Waals surface area (Å²) in [5.41, 5.74) is -0.958. The van der Waals surface area contributed by atoms with Crippen molar-refractivity contribution in [3.05, 3.63) is 33.8 Å². The molecule has 1 heterocycles. The van der Waals surface area contributed by atoms with Crippen molar-refractivity contribution in [2.75, 3.05) is 6.54 Å². The Bertz CT molecular complexity index is 414. The van der Waals surface area contributed by atoms with Gasteiger partial charge in [-0.3, -0.25) is 0 Å². The van der Waals surface area contributed by atoms with E-state index < -0.39 is 5.67 Å². The molecular weight excluding hydrogens is 272 g/mol. The monoisotopic (exact) mass is 289 g/mol. The van der Waals surface area contributed by atoms with Gasteiger partial charge >= 0.3 is 0 Å². The fraction of sp³-hybridized carbons (Fsp3) is 0.571. The number of halogens is 3. The lowest BCUT2D eigenvalue weighted by molar-refractivity contribution is 0.146. The zero-order valence-corrected chi connectivity index (χ0v) is 12.0. The molecule has 2 unspecified atom stereocenters. The highest BCUT2D eigenvalue weighted by molar-refractivity contribution is 6.33. The standard InChI is InChI=1S/C14H18Cl2FN/c1-14(17,9-11-4-2-3-7-18-11)12-8-10(15)5-6-13(12)16/h5-6,8,11,18H,2-4,7,9H2,1H3. The Morgan fingerprint density at radius 1 is 1.39 bits per heavy atom. The van der Waals surface area contributed by atoms with Crippen LogP contribution in [0.2, 0.25) is 10.0 Å². The van der Waals surface area contributed by atoms with Crippen LogP contribution in [0.4, 0.5) is 4.39 Å². The van der Waals surface area contributed by atoms with Gasteiger partial charge in [0.15, 0.2) is 0 Å². The average molecular weight is 290 g/mol. The van der Waals surface area contributed by atoms with E-state index in [1.807, 2.05) is 0 Å². The van der Waals surface area contributed by atoms with Gasteiger partial charge < -0.3 is 5.32 Å². The second-order valence-corrected chi connectivity index (χ2v) is 6.02. The predicted octanol–water partition coefficient (Wildman–Crippen LogP) is 4.71. The summed E-state index contributed by atoms with van der Waals surface area (Å²) in [5, 5.41) is 4.33. The molecule has 4 heteroatoms. The lowest BCUT2D eigenvalue weighted by Crippen LogP contribution is -2.38. The molecule has 0 radical (unpaired) electrons. The van der Waals surface area contributed by atoms with Crippen LogP contribution in [0.1, 0.15) is 38.2 Å². The van der Waals surface area contributed by atoms with Gasteiger partial charge in [-0.25, -0.2) is 4.39 Å². The summed E-state index contributed by atoms with van der Waals surface area (Å²) in [4.78, 5) is 0. The van der Waals surface area contributed by atoms with Gasteiger partial charge in [-0.1, -0.05) is 29.6 Å². The molecule has 18 heavy (non-hydrogen) atoms. The van der Waals surface area contributed by atoms with Crippen LogP contribution in [-0.2, 0) is 5.67 Å². The van der Waals surface area contributed by atoms with Crippen molar-refractivity contribution >= 4 is 23.2 Å². The molecule has 2 rings (SSSR count). The Labute approximate surface area is 118 Å². The van der Waals surface area contributed by atoms with E-state index in [0.717, 1.165) is 19.4 Å². The average Bonchev–Trinajstić information content (AvgIpc) is 2.33. The van der Waals surface area contributed by atoms with Gasteiger partial charge in [0.25, 0.3) is 0 Å². The summed E-state index contributed by atoms with van der Waals surface area (Å²) in [6.07, 6.45) is 3.80. The maximum Gasteiger partial charge on any atom is 0.136 e. The Hall–Kier alpha value is -0.310. The van der Waals surface area contributed by atoms with Crippen molar-refractivity contribution < 1.29 is 4.39 Å². The minimum absolute atomic E-state index is 0.226. The molecule has 1 fully saturated rings. The molecule has 1 aliphatic rings. The fourth-order valence-corrected chi connectivity index (χ4v) is 3.05. The number of hydrogen-bond donors (Lipinski definition) is 1. The lowest BCUT2D eigenvalue weighted by Gasteiger charge is -2.30. The fourth-order valence-electron chi connectivity index (χ4n) is 2.57. The van der Waals surface area contributed by atoms with E-state index in [9.17, 15) is 4.39 Å². The topological polar surface area (TPSA) is 12.0 Å². The molecule has 1 aromatic rings. The summed E-state index contributed by atoms with van der Waals surface area (Å²) in [5.74, 6) is 0. The van der Waals surface area contributed by atoms with E-state index in [1.165, 1.54) is 6.42 Å². The summed E-state index contributed by atoms with van der Waals surface area (Å²) in [6.45, 7) is 2.56. The van der Waals surface area contributed by atoms with Crippen LogP contribution < -0.4 is 5.32 Å². The molecule has 0 spiro atoms. The SMILES string of the molecule is CC(F)(CC1CCCCN1)c1cc(Cl)ccc1Cl. The Balaban J connectivity index is 2.15. The first-order chi connectivity index (χ1) is 8.49.